The van der Waals surface area contributed by atoms with Gasteiger partial charge in [0.25, 0.3) is 0 Å². The van der Waals surface area contributed by atoms with E-state index in [1.54, 1.807) is 13.3 Å². The highest BCUT2D eigenvalue weighted by atomic mass is 16.5. The molecule has 5 nitrogen and oxygen atoms in total. The number of rotatable bonds is 7. The molecule has 0 atom stereocenters. The van der Waals surface area contributed by atoms with Crippen LogP contribution < -0.4 is 15.4 Å². The molecule has 0 saturated heterocycles. The highest BCUT2D eigenvalue weighted by molar-refractivity contribution is 5.92. The van der Waals surface area contributed by atoms with Crippen molar-refractivity contribution in [3.63, 3.8) is 0 Å². The van der Waals surface area contributed by atoms with Crippen LogP contribution in [0.5, 0.6) is 5.75 Å². The Morgan fingerprint density at radius 2 is 2.10 bits per heavy atom. The van der Waals surface area contributed by atoms with Crippen molar-refractivity contribution in [1.29, 1.82) is 0 Å². The largest absolute Gasteiger partial charge is 0.495 e. The molecule has 0 fully saturated rings. The van der Waals surface area contributed by atoms with E-state index in [2.05, 4.69) is 15.6 Å². The quantitative estimate of drug-likeness (QED) is 0.766. The average Bonchev–Trinajstić information content (AvgIpc) is 2.53. The molecule has 1 aromatic heterocycles. The molecule has 0 spiro atoms. The highest BCUT2D eigenvalue weighted by Gasteiger charge is 2.06. The summed E-state index contributed by atoms with van der Waals surface area (Å²) in [6, 6.07) is 11.2. The van der Waals surface area contributed by atoms with Crippen LogP contribution in [0.4, 0.5) is 5.69 Å². The number of hydrogen-bond acceptors (Lipinski definition) is 4. The third-order valence-electron chi connectivity index (χ3n) is 2.96. The highest BCUT2D eigenvalue weighted by Crippen LogP contribution is 2.22. The Labute approximate surface area is 124 Å². The minimum absolute atomic E-state index is 0.0433. The van der Waals surface area contributed by atoms with Crippen molar-refractivity contribution in [2.24, 2.45) is 0 Å². The molecule has 2 N–H and O–H groups in total. The summed E-state index contributed by atoms with van der Waals surface area (Å²) in [6.45, 7) is 1.31. The van der Waals surface area contributed by atoms with E-state index in [9.17, 15) is 4.79 Å². The standard InChI is InChI=1S/C16H19N3O2/c1-21-15-7-3-2-6-14(15)19-16(20)8-10-18-12-13-5-4-9-17-11-13/h2-7,9,11,18H,8,10,12H2,1H3,(H,19,20). The van der Waals surface area contributed by atoms with E-state index in [1.807, 2.05) is 42.6 Å². The lowest BCUT2D eigenvalue weighted by atomic mass is 10.2. The lowest BCUT2D eigenvalue weighted by Gasteiger charge is -2.10. The summed E-state index contributed by atoms with van der Waals surface area (Å²) in [4.78, 5) is 15.9. The second-order valence-electron chi connectivity index (χ2n) is 4.54. The molecular formula is C16H19N3O2. The fourth-order valence-electron chi connectivity index (χ4n) is 1.90. The molecule has 0 saturated carbocycles. The number of carbonyl (C=O) groups excluding carboxylic acids is 1. The Balaban J connectivity index is 1.72. The van der Waals surface area contributed by atoms with Gasteiger partial charge in [-0.25, -0.2) is 0 Å². The monoisotopic (exact) mass is 285 g/mol. The van der Waals surface area contributed by atoms with Gasteiger partial charge in [-0.15, -0.1) is 0 Å². The fourth-order valence-corrected chi connectivity index (χ4v) is 1.90. The van der Waals surface area contributed by atoms with E-state index >= 15 is 0 Å². The number of amides is 1. The number of carbonyl (C=O) groups is 1. The number of pyridine rings is 1. The molecule has 0 radical (unpaired) electrons. The van der Waals surface area contributed by atoms with E-state index in [0.29, 0.717) is 30.9 Å². The van der Waals surface area contributed by atoms with Crippen LogP contribution in [0, 0.1) is 0 Å². The van der Waals surface area contributed by atoms with Crippen molar-refractivity contribution >= 4 is 11.6 Å². The SMILES string of the molecule is COc1ccccc1NC(=O)CCNCc1cccnc1. The maximum atomic E-state index is 11.9. The smallest absolute Gasteiger partial charge is 0.225 e. The van der Waals surface area contributed by atoms with Crippen molar-refractivity contribution in [2.75, 3.05) is 19.0 Å². The van der Waals surface area contributed by atoms with Crippen LogP contribution >= 0.6 is 0 Å². The number of nitrogens with zero attached hydrogens (tertiary/aromatic N) is 1. The van der Waals surface area contributed by atoms with Gasteiger partial charge >= 0.3 is 0 Å². The van der Waals surface area contributed by atoms with Crippen LogP contribution in [-0.2, 0) is 11.3 Å². The van der Waals surface area contributed by atoms with E-state index < -0.39 is 0 Å². The molecule has 0 unspecified atom stereocenters. The number of para-hydroxylation sites is 2. The number of aromatic nitrogens is 1. The Bertz CT molecular complexity index is 573. The molecule has 5 heteroatoms. The van der Waals surface area contributed by atoms with Gasteiger partial charge in [-0.05, 0) is 23.8 Å². The van der Waals surface area contributed by atoms with E-state index in [0.717, 1.165) is 5.56 Å². The van der Waals surface area contributed by atoms with Crippen LogP contribution in [0.25, 0.3) is 0 Å². The molecule has 0 aliphatic heterocycles. The summed E-state index contributed by atoms with van der Waals surface area (Å²) < 4.78 is 5.19. The zero-order valence-electron chi connectivity index (χ0n) is 12.0. The maximum Gasteiger partial charge on any atom is 0.225 e. The zero-order valence-corrected chi connectivity index (χ0v) is 12.0. The van der Waals surface area contributed by atoms with Gasteiger partial charge in [-0.2, -0.15) is 0 Å². The molecule has 21 heavy (non-hydrogen) atoms. The summed E-state index contributed by atoms with van der Waals surface area (Å²) in [5.74, 6) is 0.618. The summed E-state index contributed by atoms with van der Waals surface area (Å²) in [5.41, 5.74) is 1.79. The summed E-state index contributed by atoms with van der Waals surface area (Å²) in [6.07, 6.45) is 3.95. The van der Waals surface area contributed by atoms with Gasteiger partial charge in [-0.1, -0.05) is 18.2 Å². The molecular weight excluding hydrogens is 266 g/mol. The third-order valence-corrected chi connectivity index (χ3v) is 2.96. The van der Waals surface area contributed by atoms with Crippen molar-refractivity contribution < 1.29 is 9.53 Å². The van der Waals surface area contributed by atoms with Gasteiger partial charge in [0.05, 0.1) is 12.8 Å². The maximum absolute atomic E-state index is 11.9. The average molecular weight is 285 g/mol. The number of anilines is 1. The Hall–Kier alpha value is -2.40. The summed E-state index contributed by atoms with van der Waals surface area (Å²) >= 11 is 0. The van der Waals surface area contributed by atoms with E-state index in [4.69, 9.17) is 4.74 Å². The number of benzene rings is 1. The zero-order chi connectivity index (χ0) is 14.9. The normalized spacial score (nSPS) is 10.1. The lowest BCUT2D eigenvalue weighted by molar-refractivity contribution is -0.116. The van der Waals surface area contributed by atoms with Crippen LogP contribution in [0.3, 0.4) is 0 Å². The van der Waals surface area contributed by atoms with Crippen molar-refractivity contribution in [1.82, 2.24) is 10.3 Å². The van der Waals surface area contributed by atoms with Crippen molar-refractivity contribution in [3.05, 3.63) is 54.4 Å². The molecule has 0 bridgehead atoms. The molecule has 1 amide bonds. The second kappa shape index (κ2) is 8.01. The van der Waals surface area contributed by atoms with Crippen LogP contribution in [0.15, 0.2) is 48.8 Å². The number of ether oxygens (including phenoxy) is 1. The fraction of sp³-hybridized carbons (Fsp3) is 0.250. The van der Waals surface area contributed by atoms with Gasteiger partial charge in [0.1, 0.15) is 5.75 Å². The first kappa shape index (κ1) is 15.0. The van der Waals surface area contributed by atoms with Crippen LogP contribution in [-0.4, -0.2) is 24.5 Å². The first-order valence-corrected chi connectivity index (χ1v) is 6.82. The first-order valence-electron chi connectivity index (χ1n) is 6.82. The van der Waals surface area contributed by atoms with Gasteiger partial charge in [-0.3, -0.25) is 9.78 Å². The van der Waals surface area contributed by atoms with Crippen LogP contribution in [0.2, 0.25) is 0 Å². The second-order valence-corrected chi connectivity index (χ2v) is 4.54. The number of nitrogens with one attached hydrogen (secondary N) is 2. The summed E-state index contributed by atoms with van der Waals surface area (Å²) in [7, 11) is 1.58. The van der Waals surface area contributed by atoms with Gasteiger partial charge in [0.2, 0.25) is 5.91 Å². The minimum atomic E-state index is -0.0433. The van der Waals surface area contributed by atoms with Crippen molar-refractivity contribution in [3.8, 4) is 5.75 Å². The minimum Gasteiger partial charge on any atom is -0.495 e. The Morgan fingerprint density at radius 3 is 2.86 bits per heavy atom. The Kier molecular flexibility index (Phi) is 5.72. The molecule has 1 heterocycles. The van der Waals surface area contributed by atoms with Gasteiger partial charge in [0.15, 0.2) is 0 Å². The Morgan fingerprint density at radius 1 is 1.24 bits per heavy atom. The predicted molar refractivity (Wildman–Crippen MR) is 82.2 cm³/mol. The molecule has 110 valence electrons. The van der Waals surface area contributed by atoms with E-state index in [-0.39, 0.29) is 5.91 Å². The molecule has 1 aromatic carbocycles. The lowest BCUT2D eigenvalue weighted by Crippen LogP contribution is -2.21. The topological polar surface area (TPSA) is 63.2 Å². The molecule has 2 rings (SSSR count). The molecule has 2 aromatic rings. The molecule has 0 aliphatic rings. The first-order chi connectivity index (χ1) is 10.3. The molecule has 0 aliphatic carbocycles. The van der Waals surface area contributed by atoms with E-state index in [1.165, 1.54) is 0 Å². The number of hydrogen-bond donors (Lipinski definition) is 2. The predicted octanol–water partition coefficient (Wildman–Crippen LogP) is 2.21. The number of methoxy groups -OCH3 is 1. The van der Waals surface area contributed by atoms with Crippen molar-refractivity contribution in [2.45, 2.75) is 13.0 Å². The van der Waals surface area contributed by atoms with Gasteiger partial charge in [0, 0.05) is 31.9 Å². The third kappa shape index (κ3) is 4.89. The summed E-state index contributed by atoms with van der Waals surface area (Å²) in [5, 5.41) is 6.06. The van der Waals surface area contributed by atoms with Crippen LogP contribution in [0.1, 0.15) is 12.0 Å². The van der Waals surface area contributed by atoms with Gasteiger partial charge < -0.3 is 15.4 Å².